The molecule has 0 aromatic heterocycles. The molecule has 0 aliphatic carbocycles. The lowest BCUT2D eigenvalue weighted by atomic mass is 9.89. The molecular weight excluding hydrogens is 772 g/mol. The number of carbonyl (C=O) groups excluding carboxylic acids is 6. The molecule has 3 unspecified atom stereocenters. The van der Waals surface area contributed by atoms with Gasteiger partial charge < -0.3 is 60.9 Å². The summed E-state index contributed by atoms with van der Waals surface area (Å²) in [4.78, 5) is 84.7. The van der Waals surface area contributed by atoms with E-state index in [0.717, 1.165) is 22.7 Å². The molecule has 1 aliphatic heterocycles. The monoisotopic (exact) mass is 834 g/mol. The minimum Gasteiger partial charge on any atom is -0.480 e. The molecule has 20 nitrogen and oxygen atoms in total. The quantitative estimate of drug-likeness (QED) is 0.0287. The van der Waals surface area contributed by atoms with Crippen molar-refractivity contribution in [3.05, 3.63) is 11.0 Å². The van der Waals surface area contributed by atoms with Gasteiger partial charge in [0.25, 0.3) is 11.8 Å². The van der Waals surface area contributed by atoms with Crippen LogP contribution < -0.4 is 27.0 Å². The van der Waals surface area contributed by atoms with Gasteiger partial charge in [0.15, 0.2) is 6.29 Å². The molecule has 0 aromatic carbocycles. The maximum atomic E-state index is 12.4. The van der Waals surface area contributed by atoms with Gasteiger partial charge in [0.05, 0.1) is 49.6 Å². The van der Waals surface area contributed by atoms with Crippen LogP contribution in [-0.2, 0) is 52.5 Å². The van der Waals surface area contributed by atoms with Gasteiger partial charge in [-0.1, -0.05) is 20.8 Å². The number of aliphatic hydroxyl groups is 1. The zero-order chi connectivity index (χ0) is 43.0. The Balaban J connectivity index is 2.08. The van der Waals surface area contributed by atoms with Crippen molar-refractivity contribution in [1.82, 2.24) is 26.2 Å². The predicted octanol–water partition coefficient (Wildman–Crippen LogP) is -0.383. The Morgan fingerprint density at radius 2 is 1.42 bits per heavy atom. The Labute approximate surface area is 338 Å². The van der Waals surface area contributed by atoms with Gasteiger partial charge in [0.2, 0.25) is 17.7 Å². The molecule has 1 aliphatic rings. The Kier molecular flexibility index (Phi) is 24.2. The smallest absolute Gasteiger partial charge is 0.407 e. The highest BCUT2D eigenvalue weighted by Gasteiger charge is 2.32. The number of nitrogens with one attached hydrogen (secondary N) is 4. The van der Waals surface area contributed by atoms with Gasteiger partial charge in [0, 0.05) is 63.8 Å². The standard InChI is InChI=1S/C36H62N6O14S/c1-35(2,3)20-24(21-43)55-31(56-36(4,5)6)22-54-34(51)41-10-7-27(44)38-11-12-39-29(46)9-15-52-17-18-53-16-13-40-28(45)8-14-42-30(47)19-26(32(42)48)57-23-25(37)33(49)50/h19,24-25,31,43H,7-18,20-23,37H2,1-6H3,(H,38,44)(H,39,46)(H,40,45)(H,41,51)(H,49,50). The molecular formula is C36H62N6O14S. The molecule has 1 heterocycles. The van der Waals surface area contributed by atoms with E-state index in [0.29, 0.717) is 6.42 Å². The van der Waals surface area contributed by atoms with Gasteiger partial charge in [-0.25, -0.2) is 4.79 Å². The third-order valence-corrected chi connectivity index (χ3v) is 8.43. The summed E-state index contributed by atoms with van der Waals surface area (Å²) in [6.45, 7) is 12.3. The van der Waals surface area contributed by atoms with Crippen molar-refractivity contribution in [3.63, 3.8) is 0 Å². The summed E-state index contributed by atoms with van der Waals surface area (Å²) in [5, 5.41) is 29.0. The van der Waals surface area contributed by atoms with Crippen molar-refractivity contribution in [3.8, 4) is 0 Å². The van der Waals surface area contributed by atoms with E-state index >= 15 is 0 Å². The summed E-state index contributed by atoms with van der Waals surface area (Å²) in [7, 11) is 0. The fraction of sp³-hybridized carbons (Fsp3) is 0.750. The number of aliphatic carboxylic acids is 1. The Hall–Kier alpha value is -3.86. The fourth-order valence-electron chi connectivity index (χ4n) is 4.70. The molecule has 3 atom stereocenters. The van der Waals surface area contributed by atoms with Gasteiger partial charge >= 0.3 is 12.1 Å². The number of aliphatic hydroxyl groups excluding tert-OH is 1. The summed E-state index contributed by atoms with van der Waals surface area (Å²) >= 11 is 0.872. The van der Waals surface area contributed by atoms with E-state index in [1.54, 1.807) is 0 Å². The van der Waals surface area contributed by atoms with Crippen molar-refractivity contribution < 1.29 is 67.5 Å². The fourth-order valence-corrected chi connectivity index (χ4v) is 5.62. The highest BCUT2D eigenvalue weighted by atomic mass is 32.2. The Morgan fingerprint density at radius 1 is 0.825 bits per heavy atom. The number of nitrogens with two attached hydrogens (primary N) is 1. The van der Waals surface area contributed by atoms with E-state index in [-0.39, 0.29) is 120 Å². The average molecular weight is 835 g/mol. The van der Waals surface area contributed by atoms with Crippen molar-refractivity contribution in [2.75, 3.05) is 78.1 Å². The van der Waals surface area contributed by atoms with Crippen LogP contribution in [0.1, 0.15) is 67.2 Å². The van der Waals surface area contributed by atoms with Gasteiger partial charge in [-0.05, 0) is 32.6 Å². The molecule has 6 amide bonds. The van der Waals surface area contributed by atoms with Gasteiger partial charge in [-0.3, -0.25) is 33.7 Å². The lowest BCUT2D eigenvalue weighted by molar-refractivity contribution is -0.236. The van der Waals surface area contributed by atoms with E-state index in [4.69, 9.17) is 34.5 Å². The maximum absolute atomic E-state index is 12.4. The van der Waals surface area contributed by atoms with Gasteiger partial charge in [-0.15, -0.1) is 11.8 Å². The normalized spacial score (nSPS) is 14.7. The van der Waals surface area contributed by atoms with Crippen LogP contribution in [0.4, 0.5) is 4.79 Å². The molecule has 0 aromatic rings. The molecule has 0 spiro atoms. The number of hydrogen-bond acceptors (Lipinski definition) is 15. The molecule has 0 bridgehead atoms. The van der Waals surface area contributed by atoms with E-state index in [1.165, 1.54) is 0 Å². The minimum atomic E-state index is -1.22. The maximum Gasteiger partial charge on any atom is 0.407 e. The number of thioether (sulfide) groups is 1. The number of nitrogens with zero attached hydrogens (tertiary/aromatic N) is 1. The predicted molar refractivity (Wildman–Crippen MR) is 207 cm³/mol. The highest BCUT2D eigenvalue weighted by Crippen LogP contribution is 2.25. The van der Waals surface area contributed by atoms with Crippen LogP contribution in [0.3, 0.4) is 0 Å². The molecule has 0 saturated carbocycles. The molecule has 1 rings (SSSR count). The molecule has 326 valence electrons. The van der Waals surface area contributed by atoms with Crippen molar-refractivity contribution in [1.29, 1.82) is 0 Å². The lowest BCUT2D eigenvalue weighted by Crippen LogP contribution is -2.40. The second-order valence-electron chi connectivity index (χ2n) is 15.0. The van der Waals surface area contributed by atoms with Crippen LogP contribution in [-0.4, -0.2) is 159 Å². The van der Waals surface area contributed by atoms with Crippen molar-refractivity contribution >= 4 is 53.4 Å². The van der Waals surface area contributed by atoms with Crippen LogP contribution in [0.25, 0.3) is 0 Å². The number of alkyl carbamates (subject to hydrolysis) is 1. The zero-order valence-electron chi connectivity index (χ0n) is 33.8. The summed E-state index contributed by atoms with van der Waals surface area (Å²) in [5.74, 6) is -3.49. The van der Waals surface area contributed by atoms with Gasteiger partial charge in [-0.2, -0.15) is 0 Å². The Bertz CT molecular complexity index is 1350. The number of ether oxygens (including phenoxy) is 5. The Morgan fingerprint density at radius 3 is 2.02 bits per heavy atom. The van der Waals surface area contributed by atoms with E-state index in [9.17, 15) is 38.7 Å². The number of hydrogen-bond donors (Lipinski definition) is 7. The van der Waals surface area contributed by atoms with Crippen LogP contribution >= 0.6 is 11.8 Å². The molecule has 8 N–H and O–H groups in total. The highest BCUT2D eigenvalue weighted by molar-refractivity contribution is 8.04. The summed E-state index contributed by atoms with van der Waals surface area (Å²) in [6, 6.07) is -1.18. The third-order valence-electron chi connectivity index (χ3n) is 7.30. The largest absolute Gasteiger partial charge is 0.480 e. The second kappa shape index (κ2) is 26.9. The first-order chi connectivity index (χ1) is 26.7. The van der Waals surface area contributed by atoms with Gasteiger partial charge in [0.1, 0.15) is 12.6 Å². The van der Waals surface area contributed by atoms with Crippen LogP contribution in [0, 0.1) is 5.41 Å². The third kappa shape index (κ3) is 25.2. The number of carboxylic acid groups (broad SMARTS) is 1. The number of amides is 6. The lowest BCUT2D eigenvalue weighted by Gasteiger charge is -2.32. The zero-order valence-corrected chi connectivity index (χ0v) is 34.7. The second-order valence-corrected chi connectivity index (χ2v) is 16.0. The van der Waals surface area contributed by atoms with Crippen LogP contribution in [0.5, 0.6) is 0 Å². The molecule has 0 fully saturated rings. The van der Waals surface area contributed by atoms with E-state index in [1.807, 2.05) is 41.5 Å². The topological polar surface area (TPSA) is 283 Å². The number of carbonyl (C=O) groups is 7. The van der Waals surface area contributed by atoms with E-state index in [2.05, 4.69) is 21.3 Å². The molecule has 21 heteroatoms. The first-order valence-electron chi connectivity index (χ1n) is 18.7. The SMILES string of the molecule is CC(C)(C)CC(CO)OC(COC(=O)NCCC(=O)NCCNC(=O)CCOCCOCCNC(=O)CCN1C(=O)C=C(SCC(N)C(=O)O)C1=O)OC(C)(C)C. The number of carboxylic acids is 1. The van der Waals surface area contributed by atoms with Crippen molar-refractivity contribution in [2.45, 2.75) is 91.3 Å². The first kappa shape index (κ1) is 51.2. The summed E-state index contributed by atoms with van der Waals surface area (Å²) in [5.41, 5.74) is 4.73. The average Bonchev–Trinajstić information content (AvgIpc) is 3.38. The summed E-state index contributed by atoms with van der Waals surface area (Å²) < 4.78 is 27.7. The first-order valence-corrected chi connectivity index (χ1v) is 19.7. The molecule has 0 saturated heterocycles. The van der Waals surface area contributed by atoms with Crippen LogP contribution in [0.15, 0.2) is 11.0 Å². The number of imide groups is 1. The van der Waals surface area contributed by atoms with Crippen LogP contribution in [0.2, 0.25) is 0 Å². The molecule has 57 heavy (non-hydrogen) atoms. The molecule has 0 radical (unpaired) electrons. The number of rotatable bonds is 29. The summed E-state index contributed by atoms with van der Waals surface area (Å²) in [6.07, 6.45) is -0.548. The minimum absolute atomic E-state index is 0.0145. The van der Waals surface area contributed by atoms with E-state index < -0.39 is 53.8 Å². The van der Waals surface area contributed by atoms with Crippen molar-refractivity contribution in [2.24, 2.45) is 11.1 Å².